The molecular weight excluding hydrogens is 246 g/mol. The van der Waals surface area contributed by atoms with Gasteiger partial charge >= 0.3 is 0 Å². The molecule has 2 heteroatoms. The molecule has 0 saturated carbocycles. The highest BCUT2D eigenvalue weighted by molar-refractivity contribution is 5.30. The molecule has 0 fully saturated rings. The van der Waals surface area contributed by atoms with Gasteiger partial charge in [-0.15, -0.1) is 0 Å². The Kier molecular flexibility index (Phi) is 6.22. The van der Waals surface area contributed by atoms with Gasteiger partial charge < -0.3 is 10.1 Å². The second-order valence-electron chi connectivity index (χ2n) is 6.76. The van der Waals surface area contributed by atoms with Gasteiger partial charge in [0.15, 0.2) is 0 Å². The highest BCUT2D eigenvalue weighted by Gasteiger charge is 2.32. The number of benzene rings is 1. The third kappa shape index (κ3) is 4.60. The molecular formula is C18H31NO. The number of nitrogens with one attached hydrogen (secondary N) is 1. The molecule has 0 bridgehead atoms. The molecule has 0 radical (unpaired) electrons. The van der Waals surface area contributed by atoms with Gasteiger partial charge in [-0.05, 0) is 56.3 Å². The summed E-state index contributed by atoms with van der Waals surface area (Å²) in [4.78, 5) is 0. The molecule has 114 valence electrons. The predicted molar refractivity (Wildman–Crippen MR) is 87.3 cm³/mol. The van der Waals surface area contributed by atoms with Gasteiger partial charge in [0, 0.05) is 12.6 Å². The fraction of sp³-hybridized carbons (Fsp3) is 0.667. The predicted octanol–water partition coefficient (Wildman–Crippen LogP) is 3.89. The Balaban J connectivity index is 2.91. The summed E-state index contributed by atoms with van der Waals surface area (Å²) in [6.45, 7) is 13.9. The van der Waals surface area contributed by atoms with E-state index in [2.05, 4.69) is 65.1 Å². The van der Waals surface area contributed by atoms with Gasteiger partial charge in [-0.25, -0.2) is 0 Å². The van der Waals surface area contributed by atoms with Gasteiger partial charge in [0.05, 0.1) is 6.10 Å². The van der Waals surface area contributed by atoms with Gasteiger partial charge in [0.1, 0.15) is 0 Å². The molecule has 0 aliphatic heterocycles. The minimum absolute atomic E-state index is 0.128. The molecule has 1 N–H and O–H groups in total. The molecule has 1 aromatic rings. The molecule has 0 aliphatic carbocycles. The first kappa shape index (κ1) is 17.2. The molecule has 0 aromatic heterocycles. The van der Waals surface area contributed by atoms with E-state index in [9.17, 15) is 0 Å². The van der Waals surface area contributed by atoms with Crippen molar-refractivity contribution in [3.63, 3.8) is 0 Å². The van der Waals surface area contributed by atoms with Crippen LogP contribution in [0.4, 0.5) is 0 Å². The molecule has 0 aliphatic rings. The normalized spacial score (nSPS) is 15.2. The van der Waals surface area contributed by atoms with E-state index in [1.807, 2.05) is 7.05 Å². The average molecular weight is 277 g/mol. The van der Waals surface area contributed by atoms with Crippen molar-refractivity contribution in [2.75, 3.05) is 13.7 Å². The SMILES string of the molecule is CCOC(C(Cc1ccc(C)c(C)c1)NC)C(C)(C)C. The maximum atomic E-state index is 6.02. The third-order valence-electron chi connectivity index (χ3n) is 3.96. The maximum Gasteiger partial charge on any atom is 0.0779 e. The largest absolute Gasteiger partial charge is 0.376 e. The van der Waals surface area contributed by atoms with Crippen LogP contribution in [-0.4, -0.2) is 25.8 Å². The van der Waals surface area contributed by atoms with E-state index in [1.165, 1.54) is 16.7 Å². The first-order valence-electron chi connectivity index (χ1n) is 7.64. The lowest BCUT2D eigenvalue weighted by atomic mass is 9.82. The van der Waals surface area contributed by atoms with Crippen LogP contribution in [0.1, 0.15) is 44.4 Å². The first-order chi connectivity index (χ1) is 9.29. The van der Waals surface area contributed by atoms with Gasteiger partial charge in [-0.3, -0.25) is 0 Å². The van der Waals surface area contributed by atoms with Crippen LogP contribution in [0.25, 0.3) is 0 Å². The second-order valence-corrected chi connectivity index (χ2v) is 6.76. The van der Waals surface area contributed by atoms with Gasteiger partial charge in [0.2, 0.25) is 0 Å². The van der Waals surface area contributed by atoms with Crippen LogP contribution >= 0.6 is 0 Å². The molecule has 0 saturated heterocycles. The highest BCUT2D eigenvalue weighted by atomic mass is 16.5. The van der Waals surface area contributed by atoms with Crippen LogP contribution in [0.15, 0.2) is 18.2 Å². The number of hydrogen-bond acceptors (Lipinski definition) is 2. The lowest BCUT2D eigenvalue weighted by molar-refractivity contribution is -0.0340. The Morgan fingerprint density at radius 2 is 1.80 bits per heavy atom. The monoisotopic (exact) mass is 277 g/mol. The molecule has 2 atom stereocenters. The van der Waals surface area contributed by atoms with Crippen molar-refractivity contribution >= 4 is 0 Å². The summed E-state index contributed by atoms with van der Waals surface area (Å²) in [6.07, 6.45) is 1.21. The number of rotatable bonds is 6. The number of aryl methyl sites for hydroxylation is 2. The standard InChI is InChI=1S/C18H31NO/c1-8-20-17(18(4,5)6)16(19-7)12-15-10-9-13(2)14(3)11-15/h9-11,16-17,19H,8,12H2,1-7H3. The zero-order valence-corrected chi connectivity index (χ0v) is 14.2. The van der Waals surface area contributed by atoms with Crippen LogP contribution in [0.2, 0.25) is 0 Å². The van der Waals surface area contributed by atoms with Crippen molar-refractivity contribution in [3.8, 4) is 0 Å². The summed E-state index contributed by atoms with van der Waals surface area (Å²) in [7, 11) is 2.03. The van der Waals surface area contributed by atoms with E-state index in [0.717, 1.165) is 13.0 Å². The molecule has 0 heterocycles. The van der Waals surface area contributed by atoms with Crippen molar-refractivity contribution in [2.24, 2.45) is 5.41 Å². The van der Waals surface area contributed by atoms with Crippen molar-refractivity contribution < 1.29 is 4.74 Å². The summed E-state index contributed by atoms with van der Waals surface area (Å²) in [6, 6.07) is 7.07. The van der Waals surface area contributed by atoms with Crippen LogP contribution in [0.3, 0.4) is 0 Å². The molecule has 0 spiro atoms. The zero-order valence-electron chi connectivity index (χ0n) is 14.2. The van der Waals surface area contributed by atoms with Crippen molar-refractivity contribution in [1.29, 1.82) is 0 Å². The third-order valence-corrected chi connectivity index (χ3v) is 3.96. The number of hydrogen-bond donors (Lipinski definition) is 1. The summed E-state index contributed by atoms with van der Waals surface area (Å²) < 4.78 is 6.02. The van der Waals surface area contributed by atoms with E-state index in [4.69, 9.17) is 4.74 Å². The van der Waals surface area contributed by atoms with Crippen molar-refractivity contribution in [1.82, 2.24) is 5.32 Å². The smallest absolute Gasteiger partial charge is 0.0779 e. The Bertz CT molecular complexity index is 420. The van der Waals surface area contributed by atoms with Crippen LogP contribution in [-0.2, 0) is 11.2 Å². The summed E-state index contributed by atoms with van der Waals surface area (Å²) in [5.74, 6) is 0. The van der Waals surface area contributed by atoms with Gasteiger partial charge in [-0.2, -0.15) is 0 Å². The minimum atomic E-state index is 0.128. The minimum Gasteiger partial charge on any atom is -0.376 e. The fourth-order valence-corrected chi connectivity index (χ4v) is 2.69. The quantitative estimate of drug-likeness (QED) is 0.852. The van der Waals surface area contributed by atoms with E-state index in [-0.39, 0.29) is 11.5 Å². The Morgan fingerprint density at radius 1 is 1.15 bits per heavy atom. The Hall–Kier alpha value is -0.860. The number of ether oxygens (including phenoxy) is 1. The van der Waals surface area contributed by atoms with E-state index >= 15 is 0 Å². The molecule has 2 unspecified atom stereocenters. The molecule has 2 nitrogen and oxygen atoms in total. The van der Waals surface area contributed by atoms with Crippen LogP contribution in [0, 0.1) is 19.3 Å². The first-order valence-corrected chi connectivity index (χ1v) is 7.64. The lowest BCUT2D eigenvalue weighted by Crippen LogP contribution is -2.48. The van der Waals surface area contributed by atoms with Gasteiger partial charge in [-0.1, -0.05) is 39.0 Å². The van der Waals surface area contributed by atoms with E-state index in [0.29, 0.717) is 6.04 Å². The van der Waals surface area contributed by atoms with E-state index in [1.54, 1.807) is 0 Å². The second kappa shape index (κ2) is 7.24. The lowest BCUT2D eigenvalue weighted by Gasteiger charge is -2.37. The summed E-state index contributed by atoms with van der Waals surface area (Å²) in [5.41, 5.74) is 4.22. The molecule has 1 rings (SSSR count). The van der Waals surface area contributed by atoms with Crippen LogP contribution < -0.4 is 5.32 Å². The zero-order chi connectivity index (χ0) is 15.3. The topological polar surface area (TPSA) is 21.3 Å². The molecule has 0 amide bonds. The fourth-order valence-electron chi connectivity index (χ4n) is 2.69. The number of likely N-dealkylation sites (N-methyl/N-ethyl adjacent to an activating group) is 1. The molecule has 1 aromatic carbocycles. The summed E-state index contributed by atoms with van der Waals surface area (Å²) in [5, 5.41) is 3.45. The molecule has 20 heavy (non-hydrogen) atoms. The average Bonchev–Trinajstić information content (AvgIpc) is 2.36. The van der Waals surface area contributed by atoms with Crippen molar-refractivity contribution in [3.05, 3.63) is 34.9 Å². The van der Waals surface area contributed by atoms with Gasteiger partial charge in [0.25, 0.3) is 0 Å². The summed E-state index contributed by atoms with van der Waals surface area (Å²) >= 11 is 0. The Labute approximate surface area is 124 Å². The van der Waals surface area contributed by atoms with E-state index < -0.39 is 0 Å². The highest BCUT2D eigenvalue weighted by Crippen LogP contribution is 2.27. The van der Waals surface area contributed by atoms with Crippen LogP contribution in [0.5, 0.6) is 0 Å². The Morgan fingerprint density at radius 3 is 2.25 bits per heavy atom. The van der Waals surface area contributed by atoms with Crippen molar-refractivity contribution in [2.45, 2.75) is 60.1 Å². The maximum absolute atomic E-state index is 6.02.